The summed E-state index contributed by atoms with van der Waals surface area (Å²) in [4.78, 5) is 0. The lowest BCUT2D eigenvalue weighted by atomic mass is 10.1. The summed E-state index contributed by atoms with van der Waals surface area (Å²) in [5.41, 5.74) is 4.40. The van der Waals surface area contributed by atoms with Crippen molar-refractivity contribution in [3.05, 3.63) is 33.8 Å². The number of benzene rings is 1. The Bertz CT molecular complexity index is 230. The van der Waals surface area contributed by atoms with E-state index in [-0.39, 0.29) is 0 Å². The first-order valence-corrected chi connectivity index (χ1v) is 4.16. The highest BCUT2D eigenvalue weighted by Crippen LogP contribution is 2.19. The van der Waals surface area contributed by atoms with Crippen LogP contribution in [0.3, 0.4) is 0 Å². The average molecular weight is 216 g/mol. The fourth-order valence-electron chi connectivity index (χ4n) is 0.969. The van der Waals surface area contributed by atoms with Crippen molar-refractivity contribution < 1.29 is 5.21 Å². The van der Waals surface area contributed by atoms with Crippen LogP contribution in [-0.2, 0) is 6.54 Å². The number of hydroxylamine groups is 1. The van der Waals surface area contributed by atoms with Gasteiger partial charge in [0.25, 0.3) is 0 Å². The third kappa shape index (κ3) is 2.02. The van der Waals surface area contributed by atoms with E-state index in [1.165, 1.54) is 5.56 Å². The Hall–Kier alpha value is -0.380. The average Bonchev–Trinajstić information content (AvgIpc) is 1.97. The summed E-state index contributed by atoms with van der Waals surface area (Å²) >= 11 is 3.40. The van der Waals surface area contributed by atoms with E-state index in [4.69, 9.17) is 5.21 Å². The van der Waals surface area contributed by atoms with Gasteiger partial charge >= 0.3 is 0 Å². The Balaban J connectivity index is 3.00. The number of rotatable bonds is 2. The van der Waals surface area contributed by atoms with E-state index in [9.17, 15) is 0 Å². The summed E-state index contributed by atoms with van der Waals surface area (Å²) < 4.78 is 1.03. The first kappa shape index (κ1) is 8.71. The Kier molecular flexibility index (Phi) is 3.05. The van der Waals surface area contributed by atoms with Crippen LogP contribution in [0.4, 0.5) is 0 Å². The zero-order chi connectivity index (χ0) is 8.27. The predicted octanol–water partition coefficient (Wildman–Crippen LogP) is 2.24. The Morgan fingerprint density at radius 1 is 1.55 bits per heavy atom. The minimum Gasteiger partial charge on any atom is -0.316 e. The Morgan fingerprint density at radius 2 is 2.27 bits per heavy atom. The highest BCUT2D eigenvalue weighted by Gasteiger charge is 2.00. The van der Waals surface area contributed by atoms with Crippen molar-refractivity contribution >= 4 is 15.9 Å². The van der Waals surface area contributed by atoms with Gasteiger partial charge < -0.3 is 5.21 Å². The first-order valence-electron chi connectivity index (χ1n) is 3.36. The van der Waals surface area contributed by atoms with Crippen LogP contribution in [0.15, 0.2) is 22.7 Å². The second-order valence-corrected chi connectivity index (χ2v) is 3.22. The summed E-state index contributed by atoms with van der Waals surface area (Å²) in [6.45, 7) is 2.49. The van der Waals surface area contributed by atoms with Crippen molar-refractivity contribution in [1.29, 1.82) is 0 Å². The van der Waals surface area contributed by atoms with Crippen LogP contribution in [0, 0.1) is 6.92 Å². The van der Waals surface area contributed by atoms with Crippen LogP contribution < -0.4 is 5.48 Å². The maximum atomic E-state index is 8.50. The molecule has 11 heavy (non-hydrogen) atoms. The highest BCUT2D eigenvalue weighted by atomic mass is 79.9. The maximum absolute atomic E-state index is 8.50. The summed E-state index contributed by atoms with van der Waals surface area (Å²) in [5.74, 6) is 0. The molecule has 0 aromatic heterocycles. The van der Waals surface area contributed by atoms with E-state index in [0.717, 1.165) is 10.0 Å². The third-order valence-electron chi connectivity index (χ3n) is 1.61. The fourth-order valence-corrected chi connectivity index (χ4v) is 1.57. The van der Waals surface area contributed by atoms with Crippen LogP contribution in [0.1, 0.15) is 11.1 Å². The van der Waals surface area contributed by atoms with Gasteiger partial charge in [-0.05, 0) is 24.1 Å². The quantitative estimate of drug-likeness (QED) is 0.743. The van der Waals surface area contributed by atoms with Crippen molar-refractivity contribution in [2.45, 2.75) is 13.5 Å². The van der Waals surface area contributed by atoms with E-state index in [0.29, 0.717) is 6.54 Å². The van der Waals surface area contributed by atoms with E-state index in [1.54, 1.807) is 0 Å². The SMILES string of the molecule is Cc1cccc(Br)c1CNO. The molecule has 0 bridgehead atoms. The highest BCUT2D eigenvalue weighted by molar-refractivity contribution is 9.10. The minimum absolute atomic E-state index is 0.479. The third-order valence-corrected chi connectivity index (χ3v) is 2.35. The molecule has 0 aliphatic carbocycles. The lowest BCUT2D eigenvalue weighted by Gasteiger charge is -2.05. The van der Waals surface area contributed by atoms with Gasteiger partial charge in [0, 0.05) is 11.0 Å². The van der Waals surface area contributed by atoms with Crippen molar-refractivity contribution in [1.82, 2.24) is 5.48 Å². The first-order chi connectivity index (χ1) is 5.25. The van der Waals surface area contributed by atoms with Gasteiger partial charge in [0.1, 0.15) is 0 Å². The number of nitrogens with one attached hydrogen (secondary N) is 1. The molecule has 0 atom stereocenters. The van der Waals surface area contributed by atoms with Gasteiger partial charge in [0.15, 0.2) is 0 Å². The van der Waals surface area contributed by atoms with Crippen LogP contribution in [-0.4, -0.2) is 5.21 Å². The van der Waals surface area contributed by atoms with Gasteiger partial charge in [0.05, 0.1) is 0 Å². The topological polar surface area (TPSA) is 32.3 Å². The molecular weight excluding hydrogens is 206 g/mol. The number of halogens is 1. The molecule has 2 N–H and O–H groups in total. The second kappa shape index (κ2) is 3.85. The van der Waals surface area contributed by atoms with Gasteiger partial charge in [-0.1, -0.05) is 28.1 Å². The summed E-state index contributed by atoms with van der Waals surface area (Å²) in [6.07, 6.45) is 0. The van der Waals surface area contributed by atoms with E-state index in [2.05, 4.69) is 21.4 Å². The zero-order valence-corrected chi connectivity index (χ0v) is 7.85. The second-order valence-electron chi connectivity index (χ2n) is 2.37. The summed E-state index contributed by atoms with van der Waals surface area (Å²) in [6, 6.07) is 5.94. The molecule has 0 aliphatic rings. The molecule has 60 valence electrons. The van der Waals surface area contributed by atoms with Crippen LogP contribution in [0.2, 0.25) is 0 Å². The van der Waals surface area contributed by atoms with Gasteiger partial charge in [-0.25, -0.2) is 5.48 Å². The van der Waals surface area contributed by atoms with Crippen molar-refractivity contribution in [3.63, 3.8) is 0 Å². The van der Waals surface area contributed by atoms with E-state index < -0.39 is 0 Å². The molecule has 0 unspecified atom stereocenters. The van der Waals surface area contributed by atoms with Gasteiger partial charge in [-0.3, -0.25) is 0 Å². The van der Waals surface area contributed by atoms with Crippen molar-refractivity contribution in [3.8, 4) is 0 Å². The van der Waals surface area contributed by atoms with Gasteiger partial charge in [-0.2, -0.15) is 0 Å². The predicted molar refractivity (Wildman–Crippen MR) is 47.5 cm³/mol. The Labute approximate surface area is 74.3 Å². The Morgan fingerprint density at radius 3 is 2.82 bits per heavy atom. The fraction of sp³-hybridized carbons (Fsp3) is 0.250. The smallest absolute Gasteiger partial charge is 0.0471 e. The molecule has 0 heterocycles. The van der Waals surface area contributed by atoms with E-state index >= 15 is 0 Å². The van der Waals surface area contributed by atoms with Crippen molar-refractivity contribution in [2.75, 3.05) is 0 Å². The lowest BCUT2D eigenvalue weighted by molar-refractivity contribution is 0.161. The summed E-state index contributed by atoms with van der Waals surface area (Å²) in [5, 5.41) is 8.50. The molecule has 3 heteroatoms. The van der Waals surface area contributed by atoms with E-state index in [1.807, 2.05) is 25.1 Å². The number of hydrogen-bond acceptors (Lipinski definition) is 2. The largest absolute Gasteiger partial charge is 0.316 e. The lowest BCUT2D eigenvalue weighted by Crippen LogP contribution is -2.07. The summed E-state index contributed by atoms with van der Waals surface area (Å²) in [7, 11) is 0. The molecule has 0 saturated carbocycles. The molecule has 1 rings (SSSR count). The molecule has 0 radical (unpaired) electrons. The number of aryl methyl sites for hydroxylation is 1. The molecule has 0 saturated heterocycles. The molecule has 1 aromatic carbocycles. The zero-order valence-electron chi connectivity index (χ0n) is 6.26. The van der Waals surface area contributed by atoms with Crippen LogP contribution >= 0.6 is 15.9 Å². The number of hydrogen-bond donors (Lipinski definition) is 2. The molecule has 1 aromatic rings. The van der Waals surface area contributed by atoms with Gasteiger partial charge in [0.2, 0.25) is 0 Å². The molecule has 2 nitrogen and oxygen atoms in total. The molecule has 0 spiro atoms. The molecule has 0 fully saturated rings. The van der Waals surface area contributed by atoms with Gasteiger partial charge in [-0.15, -0.1) is 0 Å². The molecule has 0 amide bonds. The monoisotopic (exact) mass is 215 g/mol. The maximum Gasteiger partial charge on any atom is 0.0471 e. The molecular formula is C8H10BrNO. The minimum atomic E-state index is 0.479. The molecule has 0 aliphatic heterocycles. The van der Waals surface area contributed by atoms with Crippen LogP contribution in [0.25, 0.3) is 0 Å². The van der Waals surface area contributed by atoms with Crippen LogP contribution in [0.5, 0.6) is 0 Å². The normalized spacial score (nSPS) is 10.1. The standard InChI is InChI=1S/C8H10BrNO/c1-6-3-2-4-8(9)7(6)5-10-11/h2-4,10-11H,5H2,1H3. The van der Waals surface area contributed by atoms with Crippen molar-refractivity contribution in [2.24, 2.45) is 0 Å².